The van der Waals surface area contributed by atoms with Crippen molar-refractivity contribution in [1.82, 2.24) is 9.97 Å². The Bertz CT molecular complexity index is 582. The number of piperidine rings is 1. The largest absolute Gasteiger partial charge is 0.355 e. The predicted molar refractivity (Wildman–Crippen MR) is 75.5 cm³/mol. The SMILES string of the molecule is FCC1CCN(c2cnc3cc(Cl)ccc3n2)CC1. The maximum absolute atomic E-state index is 12.6. The first-order chi connectivity index (χ1) is 9.26. The Morgan fingerprint density at radius 3 is 2.79 bits per heavy atom. The molecule has 0 bridgehead atoms. The Morgan fingerprint density at radius 2 is 2.05 bits per heavy atom. The summed E-state index contributed by atoms with van der Waals surface area (Å²) in [4.78, 5) is 11.2. The van der Waals surface area contributed by atoms with Gasteiger partial charge >= 0.3 is 0 Å². The van der Waals surface area contributed by atoms with Crippen LogP contribution in [0.2, 0.25) is 5.02 Å². The molecule has 100 valence electrons. The van der Waals surface area contributed by atoms with E-state index in [1.165, 1.54) is 0 Å². The summed E-state index contributed by atoms with van der Waals surface area (Å²) >= 11 is 5.93. The van der Waals surface area contributed by atoms with Crippen molar-refractivity contribution in [2.24, 2.45) is 5.92 Å². The first-order valence-electron chi connectivity index (χ1n) is 6.49. The van der Waals surface area contributed by atoms with E-state index in [0.717, 1.165) is 42.8 Å². The van der Waals surface area contributed by atoms with E-state index in [2.05, 4.69) is 14.9 Å². The van der Waals surface area contributed by atoms with Crippen molar-refractivity contribution in [3.05, 3.63) is 29.4 Å². The summed E-state index contributed by atoms with van der Waals surface area (Å²) in [7, 11) is 0. The van der Waals surface area contributed by atoms with Crippen LogP contribution >= 0.6 is 11.6 Å². The van der Waals surface area contributed by atoms with E-state index in [1.807, 2.05) is 18.2 Å². The summed E-state index contributed by atoms with van der Waals surface area (Å²) in [6, 6.07) is 5.50. The smallest absolute Gasteiger partial charge is 0.147 e. The van der Waals surface area contributed by atoms with Crippen molar-refractivity contribution >= 4 is 28.5 Å². The van der Waals surface area contributed by atoms with Crippen molar-refractivity contribution in [3.63, 3.8) is 0 Å². The molecule has 2 aromatic rings. The minimum atomic E-state index is -0.213. The van der Waals surface area contributed by atoms with Crippen LogP contribution in [0.1, 0.15) is 12.8 Å². The molecule has 3 rings (SSSR count). The number of nitrogens with zero attached hydrogens (tertiary/aromatic N) is 3. The first kappa shape index (κ1) is 12.6. The van der Waals surface area contributed by atoms with Gasteiger partial charge in [0.2, 0.25) is 0 Å². The number of aromatic nitrogens is 2. The monoisotopic (exact) mass is 279 g/mol. The molecule has 1 aliphatic rings. The van der Waals surface area contributed by atoms with E-state index < -0.39 is 0 Å². The fraction of sp³-hybridized carbons (Fsp3) is 0.429. The summed E-state index contributed by atoms with van der Waals surface area (Å²) in [5, 5.41) is 0.665. The molecular weight excluding hydrogens is 265 g/mol. The van der Waals surface area contributed by atoms with E-state index in [-0.39, 0.29) is 12.6 Å². The van der Waals surface area contributed by atoms with Gasteiger partial charge in [0.05, 0.1) is 23.9 Å². The number of rotatable bonds is 2. The first-order valence-corrected chi connectivity index (χ1v) is 6.87. The summed E-state index contributed by atoms with van der Waals surface area (Å²) in [5.74, 6) is 1.08. The normalized spacial score (nSPS) is 17.1. The van der Waals surface area contributed by atoms with Crippen LogP contribution in [0.25, 0.3) is 11.0 Å². The lowest BCUT2D eigenvalue weighted by Gasteiger charge is -2.31. The van der Waals surface area contributed by atoms with Crippen molar-refractivity contribution in [3.8, 4) is 0 Å². The average Bonchev–Trinajstić information content (AvgIpc) is 2.47. The van der Waals surface area contributed by atoms with Gasteiger partial charge in [-0.1, -0.05) is 11.6 Å². The minimum absolute atomic E-state index is 0.212. The molecule has 0 atom stereocenters. The predicted octanol–water partition coefficient (Wildman–Crippen LogP) is 3.47. The molecule has 1 aromatic heterocycles. The molecule has 2 heterocycles. The van der Waals surface area contributed by atoms with Gasteiger partial charge in [0.25, 0.3) is 0 Å². The van der Waals surface area contributed by atoms with Gasteiger partial charge in [0.1, 0.15) is 5.82 Å². The van der Waals surface area contributed by atoms with Crippen LogP contribution in [-0.2, 0) is 0 Å². The molecular formula is C14H15ClFN3. The third-order valence-electron chi connectivity index (χ3n) is 3.65. The summed E-state index contributed by atoms with van der Waals surface area (Å²) in [6.07, 6.45) is 3.54. The van der Waals surface area contributed by atoms with Crippen LogP contribution in [0.5, 0.6) is 0 Å². The zero-order valence-corrected chi connectivity index (χ0v) is 11.3. The number of fused-ring (bicyclic) bond motifs is 1. The van der Waals surface area contributed by atoms with Crippen molar-refractivity contribution in [2.45, 2.75) is 12.8 Å². The molecule has 19 heavy (non-hydrogen) atoms. The highest BCUT2D eigenvalue weighted by atomic mass is 35.5. The Labute approximate surface area is 116 Å². The van der Waals surface area contributed by atoms with E-state index in [4.69, 9.17) is 11.6 Å². The zero-order valence-electron chi connectivity index (χ0n) is 10.5. The van der Waals surface area contributed by atoms with Gasteiger partial charge < -0.3 is 4.90 Å². The summed E-state index contributed by atoms with van der Waals surface area (Å²) in [5.41, 5.74) is 1.64. The fourth-order valence-corrected chi connectivity index (χ4v) is 2.61. The fourth-order valence-electron chi connectivity index (χ4n) is 2.44. The van der Waals surface area contributed by atoms with Gasteiger partial charge in [-0.3, -0.25) is 9.37 Å². The summed E-state index contributed by atoms with van der Waals surface area (Å²) < 4.78 is 12.6. The van der Waals surface area contributed by atoms with Gasteiger partial charge in [-0.25, -0.2) is 4.98 Å². The maximum atomic E-state index is 12.6. The highest BCUT2D eigenvalue weighted by Crippen LogP contribution is 2.24. The van der Waals surface area contributed by atoms with Crippen molar-refractivity contribution in [2.75, 3.05) is 24.7 Å². The molecule has 0 saturated carbocycles. The van der Waals surface area contributed by atoms with Gasteiger partial charge in [0, 0.05) is 18.1 Å². The van der Waals surface area contributed by atoms with E-state index >= 15 is 0 Å². The molecule has 1 fully saturated rings. The number of benzene rings is 1. The van der Waals surface area contributed by atoms with Crippen LogP contribution in [0.3, 0.4) is 0 Å². The molecule has 0 unspecified atom stereocenters. The van der Waals surface area contributed by atoms with Gasteiger partial charge in [-0.05, 0) is 37.0 Å². The summed E-state index contributed by atoms with van der Waals surface area (Å²) in [6.45, 7) is 1.49. The molecule has 5 heteroatoms. The molecule has 1 aromatic carbocycles. The molecule has 0 radical (unpaired) electrons. The Hall–Kier alpha value is -1.42. The van der Waals surface area contributed by atoms with Crippen molar-refractivity contribution in [1.29, 1.82) is 0 Å². The Morgan fingerprint density at radius 1 is 1.26 bits per heavy atom. The maximum Gasteiger partial charge on any atom is 0.147 e. The van der Waals surface area contributed by atoms with Crippen molar-refractivity contribution < 1.29 is 4.39 Å². The Balaban J connectivity index is 1.84. The van der Waals surface area contributed by atoms with Gasteiger partial charge in [-0.2, -0.15) is 0 Å². The minimum Gasteiger partial charge on any atom is -0.355 e. The van der Waals surface area contributed by atoms with Gasteiger partial charge in [-0.15, -0.1) is 0 Å². The quantitative estimate of drug-likeness (QED) is 0.843. The second-order valence-corrected chi connectivity index (χ2v) is 5.38. The van der Waals surface area contributed by atoms with E-state index in [1.54, 1.807) is 6.20 Å². The average molecular weight is 280 g/mol. The number of hydrogen-bond donors (Lipinski definition) is 0. The van der Waals surface area contributed by atoms with E-state index in [9.17, 15) is 4.39 Å². The van der Waals surface area contributed by atoms with Crippen LogP contribution in [0.4, 0.5) is 10.2 Å². The zero-order chi connectivity index (χ0) is 13.2. The van der Waals surface area contributed by atoms with Crippen LogP contribution in [0, 0.1) is 5.92 Å². The second-order valence-electron chi connectivity index (χ2n) is 4.95. The standard InChI is InChI=1S/C14H15ClFN3/c15-11-1-2-12-13(7-11)17-9-14(18-12)19-5-3-10(8-16)4-6-19/h1-2,7,9-10H,3-6,8H2. The molecule has 0 amide bonds. The Kier molecular flexibility index (Phi) is 3.51. The highest BCUT2D eigenvalue weighted by Gasteiger charge is 2.20. The lowest BCUT2D eigenvalue weighted by Crippen LogP contribution is -2.34. The second kappa shape index (κ2) is 5.29. The lowest BCUT2D eigenvalue weighted by atomic mass is 9.98. The highest BCUT2D eigenvalue weighted by molar-refractivity contribution is 6.31. The number of alkyl halides is 1. The number of anilines is 1. The number of hydrogen-bond acceptors (Lipinski definition) is 3. The van der Waals surface area contributed by atoms with Crippen LogP contribution < -0.4 is 4.90 Å². The molecule has 1 aliphatic heterocycles. The van der Waals surface area contributed by atoms with Gasteiger partial charge in [0.15, 0.2) is 0 Å². The third-order valence-corrected chi connectivity index (χ3v) is 3.88. The molecule has 0 N–H and O–H groups in total. The number of halogens is 2. The van der Waals surface area contributed by atoms with Crippen LogP contribution in [0.15, 0.2) is 24.4 Å². The third kappa shape index (κ3) is 2.63. The van der Waals surface area contributed by atoms with Crippen LogP contribution in [-0.4, -0.2) is 29.7 Å². The topological polar surface area (TPSA) is 29.0 Å². The molecule has 1 saturated heterocycles. The molecule has 3 nitrogen and oxygen atoms in total. The lowest BCUT2D eigenvalue weighted by molar-refractivity contribution is 0.307. The molecule has 0 aliphatic carbocycles. The molecule has 0 spiro atoms. The van der Waals surface area contributed by atoms with E-state index in [0.29, 0.717) is 5.02 Å².